The van der Waals surface area contributed by atoms with Crippen LogP contribution in [0.4, 0.5) is 18.9 Å². The van der Waals surface area contributed by atoms with Crippen LogP contribution in [0, 0.1) is 12.7 Å². The molecule has 29 heavy (non-hydrogen) atoms. The van der Waals surface area contributed by atoms with E-state index in [1.54, 1.807) is 6.20 Å². The molecular weight excluding hydrogens is 383 g/mol. The highest BCUT2D eigenvalue weighted by Gasteiger charge is 2.57. The van der Waals surface area contributed by atoms with Gasteiger partial charge in [-0.2, -0.15) is 8.78 Å². The van der Waals surface area contributed by atoms with Crippen LogP contribution in [0.15, 0.2) is 42.6 Å². The largest absolute Gasteiger partial charge is 0.437 e. The number of benzene rings is 1. The molecule has 8 heteroatoms. The van der Waals surface area contributed by atoms with Crippen molar-refractivity contribution in [1.82, 2.24) is 9.88 Å². The van der Waals surface area contributed by atoms with E-state index in [1.807, 2.05) is 19.1 Å². The van der Waals surface area contributed by atoms with E-state index in [9.17, 15) is 18.0 Å². The van der Waals surface area contributed by atoms with Gasteiger partial charge in [-0.15, -0.1) is 0 Å². The molecule has 2 saturated heterocycles. The number of nitrogens with zero attached hydrogens (tertiary/aromatic N) is 3. The lowest BCUT2D eigenvalue weighted by Gasteiger charge is -2.48. The highest BCUT2D eigenvalue weighted by atomic mass is 19.3. The number of halogens is 3. The summed E-state index contributed by atoms with van der Waals surface area (Å²) in [5.41, 5.74) is 1.10. The third-order valence-corrected chi connectivity index (χ3v) is 5.55. The minimum Gasteiger partial charge on any atom is -0.304 e. The predicted octanol–water partition coefficient (Wildman–Crippen LogP) is 3.52. The van der Waals surface area contributed by atoms with Crippen LogP contribution in [-0.4, -0.2) is 47.1 Å². The Kier molecular flexibility index (Phi) is 5.08. The van der Waals surface area contributed by atoms with Gasteiger partial charge in [0.05, 0.1) is 17.8 Å². The number of hydrogen-bond donors (Lipinski definition) is 0. The second-order valence-electron chi connectivity index (χ2n) is 7.77. The smallest absolute Gasteiger partial charge is 0.304 e. The maximum Gasteiger partial charge on any atom is 0.437 e. The molecule has 2 aliphatic rings. The van der Waals surface area contributed by atoms with E-state index in [-0.39, 0.29) is 12.2 Å². The normalized spacial score (nSPS) is 21.5. The first kappa shape index (κ1) is 19.8. The Hall–Kier alpha value is -2.45. The molecule has 0 radical (unpaired) electrons. The summed E-state index contributed by atoms with van der Waals surface area (Å²) in [6.07, 6.45) is -1.38. The summed E-state index contributed by atoms with van der Waals surface area (Å²) < 4.78 is 47.1. The number of morpholine rings is 1. The minimum absolute atomic E-state index is 0.0175. The van der Waals surface area contributed by atoms with E-state index in [1.165, 1.54) is 12.1 Å². The van der Waals surface area contributed by atoms with Gasteiger partial charge in [-0.3, -0.25) is 14.7 Å². The monoisotopic (exact) mass is 405 g/mol. The standard InChI is InChI=1S/C21H22F3N3O2/c1-15-2-5-17(25-12-15)13-26-10-8-20(9-11-26)14-27(19(28)21(23,24)29-20)18-6-3-16(22)4-7-18/h2-7,12H,8-11,13-14H2,1H3. The van der Waals surface area contributed by atoms with Crippen molar-refractivity contribution in [1.29, 1.82) is 0 Å². The van der Waals surface area contributed by atoms with Crippen LogP contribution < -0.4 is 4.90 Å². The molecule has 2 aliphatic heterocycles. The zero-order valence-corrected chi connectivity index (χ0v) is 16.1. The number of pyridine rings is 1. The molecule has 4 rings (SSSR count). The van der Waals surface area contributed by atoms with E-state index in [2.05, 4.69) is 9.88 Å². The maximum atomic E-state index is 14.4. The van der Waals surface area contributed by atoms with Crippen molar-refractivity contribution >= 4 is 11.6 Å². The Morgan fingerprint density at radius 1 is 1.10 bits per heavy atom. The van der Waals surface area contributed by atoms with Crippen LogP contribution in [-0.2, 0) is 16.1 Å². The Morgan fingerprint density at radius 2 is 1.79 bits per heavy atom. The highest BCUT2D eigenvalue weighted by Crippen LogP contribution is 2.40. The zero-order valence-electron chi connectivity index (χ0n) is 16.1. The van der Waals surface area contributed by atoms with Gasteiger partial charge in [-0.25, -0.2) is 4.39 Å². The first-order valence-corrected chi connectivity index (χ1v) is 9.56. The number of piperidine rings is 1. The van der Waals surface area contributed by atoms with Crippen LogP contribution in [0.2, 0.25) is 0 Å². The number of ether oxygens (including phenoxy) is 1. The molecule has 2 aromatic rings. The topological polar surface area (TPSA) is 45.7 Å². The van der Waals surface area contributed by atoms with Gasteiger partial charge in [0.1, 0.15) is 5.82 Å². The summed E-state index contributed by atoms with van der Waals surface area (Å²) in [5.74, 6) is -1.91. The number of hydrogen-bond acceptors (Lipinski definition) is 4. The van der Waals surface area contributed by atoms with Gasteiger partial charge in [-0.05, 0) is 55.7 Å². The van der Waals surface area contributed by atoms with Crippen molar-refractivity contribution in [2.45, 2.75) is 38.0 Å². The third kappa shape index (κ3) is 4.13. The number of aryl methyl sites for hydroxylation is 1. The number of rotatable bonds is 3. The van der Waals surface area contributed by atoms with Crippen molar-refractivity contribution in [3.63, 3.8) is 0 Å². The lowest BCUT2D eigenvalue weighted by Crippen LogP contribution is -2.64. The molecule has 1 amide bonds. The number of amides is 1. The van der Waals surface area contributed by atoms with Crippen molar-refractivity contribution in [3.05, 3.63) is 59.7 Å². The Morgan fingerprint density at radius 3 is 2.41 bits per heavy atom. The SMILES string of the molecule is Cc1ccc(CN2CCC3(CC2)CN(c2ccc(F)cc2)C(=O)C(F)(F)O3)nc1. The second kappa shape index (κ2) is 7.42. The molecule has 0 saturated carbocycles. The first-order chi connectivity index (χ1) is 13.8. The minimum atomic E-state index is -3.91. The van der Waals surface area contributed by atoms with Gasteiger partial charge in [-0.1, -0.05) is 6.07 Å². The molecule has 1 spiro atoms. The fourth-order valence-electron chi connectivity index (χ4n) is 3.89. The average Bonchev–Trinajstić information content (AvgIpc) is 2.69. The molecule has 0 N–H and O–H groups in total. The predicted molar refractivity (Wildman–Crippen MR) is 101 cm³/mol. The van der Waals surface area contributed by atoms with Crippen LogP contribution in [0.3, 0.4) is 0 Å². The molecule has 154 valence electrons. The number of anilines is 1. The molecule has 0 unspecified atom stereocenters. The molecule has 0 atom stereocenters. The van der Waals surface area contributed by atoms with E-state index in [0.717, 1.165) is 28.3 Å². The molecule has 2 fully saturated rings. The van der Waals surface area contributed by atoms with Crippen molar-refractivity contribution in [2.24, 2.45) is 0 Å². The first-order valence-electron chi connectivity index (χ1n) is 9.56. The van der Waals surface area contributed by atoms with E-state index in [4.69, 9.17) is 4.74 Å². The number of aromatic nitrogens is 1. The summed E-state index contributed by atoms with van der Waals surface area (Å²) in [6, 6.07) is 8.92. The summed E-state index contributed by atoms with van der Waals surface area (Å²) in [5, 5.41) is 0. The Labute approximate surface area is 167 Å². The van der Waals surface area contributed by atoms with Crippen molar-refractivity contribution in [2.75, 3.05) is 24.5 Å². The van der Waals surface area contributed by atoms with Gasteiger partial charge < -0.3 is 9.64 Å². The number of carbonyl (C=O) groups excluding carboxylic acids is 1. The fourth-order valence-corrected chi connectivity index (χ4v) is 3.89. The van der Waals surface area contributed by atoms with Crippen LogP contribution in [0.5, 0.6) is 0 Å². The summed E-state index contributed by atoms with van der Waals surface area (Å²) in [4.78, 5) is 19.8. The second-order valence-corrected chi connectivity index (χ2v) is 7.77. The van der Waals surface area contributed by atoms with Gasteiger partial charge in [0.15, 0.2) is 0 Å². The molecular formula is C21H22F3N3O2. The van der Waals surface area contributed by atoms with E-state index < -0.39 is 23.4 Å². The Bertz CT molecular complexity index is 879. The van der Waals surface area contributed by atoms with Gasteiger partial charge in [0.25, 0.3) is 0 Å². The number of alkyl halides is 2. The quantitative estimate of drug-likeness (QED) is 0.784. The van der Waals surface area contributed by atoms with Gasteiger partial charge >= 0.3 is 12.0 Å². The molecule has 1 aromatic heterocycles. The van der Waals surface area contributed by atoms with Gasteiger partial charge in [0, 0.05) is 31.5 Å². The van der Waals surface area contributed by atoms with Crippen molar-refractivity contribution < 1.29 is 22.7 Å². The summed E-state index contributed by atoms with van der Waals surface area (Å²) in [7, 11) is 0. The molecule has 1 aromatic carbocycles. The molecule has 5 nitrogen and oxygen atoms in total. The molecule has 0 aliphatic carbocycles. The van der Waals surface area contributed by atoms with Crippen LogP contribution in [0.25, 0.3) is 0 Å². The summed E-state index contributed by atoms with van der Waals surface area (Å²) >= 11 is 0. The summed E-state index contributed by atoms with van der Waals surface area (Å²) in [6.45, 7) is 3.72. The van der Waals surface area contributed by atoms with E-state index >= 15 is 0 Å². The van der Waals surface area contributed by atoms with E-state index in [0.29, 0.717) is 32.5 Å². The Balaban J connectivity index is 1.48. The zero-order chi connectivity index (χ0) is 20.6. The third-order valence-electron chi connectivity index (χ3n) is 5.55. The van der Waals surface area contributed by atoms with Crippen molar-refractivity contribution in [3.8, 4) is 0 Å². The van der Waals surface area contributed by atoms with Crippen LogP contribution >= 0.6 is 0 Å². The lowest BCUT2D eigenvalue weighted by atomic mass is 9.88. The lowest BCUT2D eigenvalue weighted by molar-refractivity contribution is -0.293. The fraction of sp³-hybridized carbons (Fsp3) is 0.429. The number of carbonyl (C=O) groups is 1. The number of likely N-dealkylation sites (tertiary alicyclic amines) is 1. The average molecular weight is 405 g/mol. The van der Waals surface area contributed by atoms with Gasteiger partial charge in [0.2, 0.25) is 0 Å². The molecule has 3 heterocycles. The van der Waals surface area contributed by atoms with Crippen LogP contribution in [0.1, 0.15) is 24.1 Å². The molecule has 0 bridgehead atoms. The maximum absolute atomic E-state index is 14.4. The highest BCUT2D eigenvalue weighted by molar-refractivity contribution is 5.98.